The first-order chi connectivity index (χ1) is 10.5. The van der Waals surface area contributed by atoms with E-state index in [2.05, 4.69) is 5.32 Å². The summed E-state index contributed by atoms with van der Waals surface area (Å²) in [7, 11) is -3.13. The molecule has 1 heterocycles. The largest absolute Gasteiger partial charge is 0.484 e. The number of carbonyl (C=O) groups excluding carboxylic acids is 1. The van der Waals surface area contributed by atoms with Gasteiger partial charge in [0.1, 0.15) is 5.75 Å². The molecule has 22 heavy (non-hydrogen) atoms. The Labute approximate surface area is 131 Å². The van der Waals surface area contributed by atoms with Gasteiger partial charge in [0, 0.05) is 19.6 Å². The Morgan fingerprint density at radius 3 is 2.82 bits per heavy atom. The number of nitrogens with one attached hydrogen (secondary N) is 1. The lowest BCUT2D eigenvalue weighted by molar-refractivity contribution is -0.123. The SMILES string of the molecule is Cc1ccccc1OCC(=O)NCCN1CCCCS1(=O)=O. The molecule has 6 nitrogen and oxygen atoms in total. The van der Waals surface area contributed by atoms with Gasteiger partial charge >= 0.3 is 0 Å². The van der Waals surface area contributed by atoms with E-state index in [9.17, 15) is 13.2 Å². The molecule has 122 valence electrons. The highest BCUT2D eigenvalue weighted by molar-refractivity contribution is 7.89. The molecule has 1 aromatic rings. The zero-order valence-electron chi connectivity index (χ0n) is 12.7. The van der Waals surface area contributed by atoms with Crippen molar-refractivity contribution in [2.75, 3.05) is 32.0 Å². The molecule has 1 aliphatic heterocycles. The van der Waals surface area contributed by atoms with E-state index in [-0.39, 0.29) is 18.3 Å². The second kappa shape index (κ2) is 7.60. The molecule has 7 heteroatoms. The molecule has 0 spiro atoms. The quantitative estimate of drug-likeness (QED) is 0.843. The van der Waals surface area contributed by atoms with Crippen molar-refractivity contribution in [2.24, 2.45) is 0 Å². The smallest absolute Gasteiger partial charge is 0.257 e. The Kier molecular flexibility index (Phi) is 5.79. The minimum atomic E-state index is -3.13. The zero-order chi connectivity index (χ0) is 16.0. The van der Waals surface area contributed by atoms with Gasteiger partial charge in [0.15, 0.2) is 6.61 Å². The molecule has 1 amide bonds. The number of hydrogen-bond acceptors (Lipinski definition) is 4. The van der Waals surface area contributed by atoms with Crippen LogP contribution in [0.25, 0.3) is 0 Å². The Hall–Kier alpha value is -1.60. The molecule has 0 aromatic heterocycles. The number of benzene rings is 1. The topological polar surface area (TPSA) is 75.7 Å². The Morgan fingerprint density at radius 2 is 2.09 bits per heavy atom. The van der Waals surface area contributed by atoms with Crippen molar-refractivity contribution in [3.8, 4) is 5.75 Å². The molecule has 0 aliphatic carbocycles. The highest BCUT2D eigenvalue weighted by Gasteiger charge is 2.25. The maximum atomic E-state index is 11.8. The lowest BCUT2D eigenvalue weighted by Gasteiger charge is -2.26. The van der Waals surface area contributed by atoms with E-state index in [1.165, 1.54) is 4.31 Å². The van der Waals surface area contributed by atoms with Gasteiger partial charge in [0.05, 0.1) is 5.75 Å². The first-order valence-corrected chi connectivity index (χ1v) is 9.03. The summed E-state index contributed by atoms with van der Waals surface area (Å²) in [6, 6.07) is 7.47. The van der Waals surface area contributed by atoms with Crippen LogP contribution in [0.2, 0.25) is 0 Å². The summed E-state index contributed by atoms with van der Waals surface area (Å²) in [6.07, 6.45) is 1.60. The second-order valence-corrected chi connectivity index (χ2v) is 7.41. The van der Waals surface area contributed by atoms with E-state index in [1.54, 1.807) is 0 Å². The van der Waals surface area contributed by atoms with Crippen LogP contribution in [0.3, 0.4) is 0 Å². The minimum Gasteiger partial charge on any atom is -0.484 e. The van der Waals surface area contributed by atoms with Crippen molar-refractivity contribution in [3.05, 3.63) is 29.8 Å². The Bertz CT molecular complexity index is 616. The number of hydrogen-bond donors (Lipinski definition) is 1. The van der Waals surface area contributed by atoms with Gasteiger partial charge in [-0.25, -0.2) is 12.7 Å². The van der Waals surface area contributed by atoms with Gasteiger partial charge in [-0.15, -0.1) is 0 Å². The van der Waals surface area contributed by atoms with E-state index in [0.29, 0.717) is 25.4 Å². The predicted molar refractivity (Wildman–Crippen MR) is 84.3 cm³/mol. The van der Waals surface area contributed by atoms with Gasteiger partial charge in [-0.3, -0.25) is 4.79 Å². The maximum absolute atomic E-state index is 11.8. The third-order valence-electron chi connectivity index (χ3n) is 3.59. The average molecular weight is 326 g/mol. The first-order valence-electron chi connectivity index (χ1n) is 7.42. The maximum Gasteiger partial charge on any atom is 0.257 e. The van der Waals surface area contributed by atoms with Crippen LogP contribution >= 0.6 is 0 Å². The van der Waals surface area contributed by atoms with Crippen LogP contribution in [0.1, 0.15) is 18.4 Å². The highest BCUT2D eigenvalue weighted by Crippen LogP contribution is 2.15. The number of carbonyl (C=O) groups is 1. The van der Waals surface area contributed by atoms with Crippen molar-refractivity contribution < 1.29 is 17.9 Å². The number of amides is 1. The van der Waals surface area contributed by atoms with Crippen LogP contribution in [-0.4, -0.2) is 50.6 Å². The molecule has 2 rings (SSSR count). The molecule has 1 aliphatic rings. The predicted octanol–water partition coefficient (Wildman–Crippen LogP) is 0.916. The summed E-state index contributed by atoms with van der Waals surface area (Å²) in [5.74, 6) is 0.631. The van der Waals surface area contributed by atoms with Crippen molar-refractivity contribution in [1.29, 1.82) is 0 Å². The van der Waals surface area contributed by atoms with Crippen LogP contribution in [0.4, 0.5) is 0 Å². The van der Waals surface area contributed by atoms with E-state index < -0.39 is 10.0 Å². The van der Waals surface area contributed by atoms with Crippen LogP contribution < -0.4 is 10.1 Å². The van der Waals surface area contributed by atoms with Crippen molar-refractivity contribution in [1.82, 2.24) is 9.62 Å². The fourth-order valence-electron chi connectivity index (χ4n) is 2.32. The summed E-state index contributed by atoms with van der Waals surface area (Å²) >= 11 is 0. The summed E-state index contributed by atoms with van der Waals surface area (Å²) in [4.78, 5) is 11.7. The van der Waals surface area contributed by atoms with Crippen molar-refractivity contribution >= 4 is 15.9 Å². The molecule has 0 bridgehead atoms. The van der Waals surface area contributed by atoms with Crippen LogP contribution in [-0.2, 0) is 14.8 Å². The van der Waals surface area contributed by atoms with E-state index in [4.69, 9.17) is 4.74 Å². The third-order valence-corrected chi connectivity index (χ3v) is 5.55. The number of aryl methyl sites for hydroxylation is 1. The van der Waals surface area contributed by atoms with E-state index >= 15 is 0 Å². The number of rotatable bonds is 6. The van der Waals surface area contributed by atoms with Gasteiger partial charge in [0.2, 0.25) is 10.0 Å². The van der Waals surface area contributed by atoms with Crippen molar-refractivity contribution in [3.63, 3.8) is 0 Å². The van der Waals surface area contributed by atoms with Gasteiger partial charge in [-0.1, -0.05) is 18.2 Å². The number of sulfonamides is 1. The number of para-hydroxylation sites is 1. The van der Waals surface area contributed by atoms with Gasteiger partial charge in [0.25, 0.3) is 5.91 Å². The normalized spacial score (nSPS) is 17.9. The molecule has 0 atom stereocenters. The highest BCUT2D eigenvalue weighted by atomic mass is 32.2. The molecule has 1 aromatic carbocycles. The molecule has 1 fully saturated rings. The molecule has 0 radical (unpaired) electrons. The molecular formula is C15H22N2O4S. The molecule has 1 saturated heterocycles. The standard InChI is InChI=1S/C15H22N2O4S/c1-13-6-2-3-7-14(13)21-12-15(18)16-8-10-17-9-4-5-11-22(17,19)20/h2-3,6-7H,4-5,8-12H2,1H3,(H,16,18). The summed E-state index contributed by atoms with van der Waals surface area (Å²) in [6.45, 7) is 3.00. The van der Waals surface area contributed by atoms with Crippen LogP contribution in [0, 0.1) is 6.92 Å². The molecular weight excluding hydrogens is 304 g/mol. The van der Waals surface area contributed by atoms with Crippen LogP contribution in [0.5, 0.6) is 5.75 Å². The summed E-state index contributed by atoms with van der Waals surface area (Å²) in [5.41, 5.74) is 0.967. The first kappa shape index (κ1) is 16.8. The summed E-state index contributed by atoms with van der Waals surface area (Å²) < 4.78 is 30.5. The minimum absolute atomic E-state index is 0.0718. The van der Waals surface area contributed by atoms with Gasteiger partial charge in [-0.2, -0.15) is 0 Å². The number of ether oxygens (including phenoxy) is 1. The summed E-state index contributed by atoms with van der Waals surface area (Å²) in [5, 5.41) is 2.69. The lowest BCUT2D eigenvalue weighted by atomic mass is 10.2. The molecule has 0 unspecified atom stereocenters. The van der Waals surface area contributed by atoms with E-state index in [1.807, 2.05) is 31.2 Å². The Balaban J connectivity index is 1.71. The second-order valence-electron chi connectivity index (χ2n) is 5.33. The monoisotopic (exact) mass is 326 g/mol. The molecule has 0 saturated carbocycles. The zero-order valence-corrected chi connectivity index (χ0v) is 13.6. The molecule has 1 N–H and O–H groups in total. The average Bonchev–Trinajstić information content (AvgIpc) is 2.48. The fourth-order valence-corrected chi connectivity index (χ4v) is 3.93. The lowest BCUT2D eigenvalue weighted by Crippen LogP contribution is -2.43. The van der Waals surface area contributed by atoms with E-state index in [0.717, 1.165) is 18.4 Å². The van der Waals surface area contributed by atoms with Crippen molar-refractivity contribution in [2.45, 2.75) is 19.8 Å². The third kappa shape index (κ3) is 4.71. The van der Waals surface area contributed by atoms with Gasteiger partial charge in [-0.05, 0) is 31.4 Å². The Morgan fingerprint density at radius 1 is 1.32 bits per heavy atom. The van der Waals surface area contributed by atoms with Crippen LogP contribution in [0.15, 0.2) is 24.3 Å². The number of nitrogens with zero attached hydrogens (tertiary/aromatic N) is 1. The fraction of sp³-hybridized carbons (Fsp3) is 0.533. The van der Waals surface area contributed by atoms with Gasteiger partial charge < -0.3 is 10.1 Å².